The molecule has 56 heavy (non-hydrogen) atoms. The monoisotopic (exact) mass is 862 g/mol. The average molecular weight is 865 g/mol. The molecule has 296 valence electrons. The molecular weight excluding hydrogens is 799 g/mol. The van der Waals surface area contributed by atoms with Crippen molar-refractivity contribution in [2.45, 2.75) is 160 Å². The Morgan fingerprint density at radius 1 is 0.643 bits per heavy atom. The fourth-order valence-corrected chi connectivity index (χ4v) is 17.4. The number of rotatable bonds is 5. The van der Waals surface area contributed by atoms with E-state index in [0.29, 0.717) is 16.7 Å². The molecule has 3 heteroatoms. The number of fused-ring (bicyclic) bond motifs is 3. The molecule has 8 fully saturated rings. The molecule has 0 N–H and O–H groups in total. The van der Waals surface area contributed by atoms with Gasteiger partial charge in [-0.1, -0.05) is 93.5 Å². The zero-order chi connectivity index (χ0) is 35.5. The predicted molar refractivity (Wildman–Crippen MR) is 220 cm³/mol. The number of allylic oxidation sites excluding steroid dienone is 6. The zero-order valence-electron chi connectivity index (χ0n) is 34.9. The van der Waals surface area contributed by atoms with Crippen molar-refractivity contribution in [2.75, 3.05) is 0 Å². The molecule has 8 bridgehead atoms. The van der Waals surface area contributed by atoms with E-state index in [4.69, 9.17) is 0 Å². The first kappa shape index (κ1) is 40.5. The first-order chi connectivity index (χ1) is 25.6. The quantitative estimate of drug-likeness (QED) is 0.267. The van der Waals surface area contributed by atoms with Crippen LogP contribution < -0.4 is 24.8 Å². The van der Waals surface area contributed by atoms with Crippen LogP contribution >= 0.6 is 0 Å². The van der Waals surface area contributed by atoms with Gasteiger partial charge in [0.05, 0.1) is 0 Å². The van der Waals surface area contributed by atoms with Crippen LogP contribution in [0.3, 0.4) is 0 Å². The van der Waals surface area contributed by atoms with Crippen LogP contribution in [0.1, 0.15) is 171 Å². The zero-order valence-corrected chi connectivity index (χ0v) is 38.8. The minimum absolute atomic E-state index is 0. The van der Waals surface area contributed by atoms with Gasteiger partial charge >= 0.3 is 26.2 Å². The molecule has 0 amide bonds. The molecule has 0 heterocycles. The first-order valence-corrected chi connectivity index (χ1v) is 23.0. The van der Waals surface area contributed by atoms with Crippen molar-refractivity contribution in [1.82, 2.24) is 0 Å². The Bertz CT molecular complexity index is 1820. The fraction of sp³-hybridized carbons (Fsp3) is 0.660. The van der Waals surface area contributed by atoms with Gasteiger partial charge in [0.2, 0.25) is 0 Å². The third-order valence-corrected chi connectivity index (χ3v) is 19.0. The summed E-state index contributed by atoms with van der Waals surface area (Å²) >= 11 is 0. The normalized spacial score (nSPS) is 41.8. The molecule has 12 aliphatic carbocycles. The van der Waals surface area contributed by atoms with Crippen molar-refractivity contribution in [2.24, 2.45) is 58.2 Å². The Morgan fingerprint density at radius 3 is 1.54 bits per heavy atom. The second kappa shape index (κ2) is 14.1. The smallest absolute Gasteiger partial charge is 1.00 e. The van der Waals surface area contributed by atoms with Crippen LogP contribution in [-0.2, 0) is 37.0 Å². The predicted octanol–water partition coefficient (Wildman–Crippen LogP) is 8.19. The topological polar surface area (TPSA) is 0 Å². The van der Waals surface area contributed by atoms with Gasteiger partial charge in [-0.05, 0) is 218 Å². The molecule has 12 aliphatic rings. The number of hydrogen-bond acceptors (Lipinski definition) is 0. The number of halogens is 2. The Hall–Kier alpha value is -0.877. The first-order valence-electron chi connectivity index (χ1n) is 23.0. The van der Waals surface area contributed by atoms with Crippen molar-refractivity contribution in [3.8, 4) is 11.1 Å². The molecule has 0 aliphatic heterocycles. The van der Waals surface area contributed by atoms with Crippen LogP contribution in [-0.4, -0.2) is 0 Å². The molecule has 2 aromatic carbocycles. The van der Waals surface area contributed by atoms with E-state index in [0.717, 1.165) is 47.3 Å². The van der Waals surface area contributed by atoms with Crippen LogP contribution in [0.5, 0.6) is 0 Å². The maximum Gasteiger partial charge on any atom is 2.00 e. The summed E-state index contributed by atoms with van der Waals surface area (Å²) in [5, 5.41) is 0. The van der Waals surface area contributed by atoms with Crippen molar-refractivity contribution < 1.29 is 51.0 Å². The summed E-state index contributed by atoms with van der Waals surface area (Å²) in [5.41, 5.74) is 16.9. The van der Waals surface area contributed by atoms with Gasteiger partial charge in [0.15, 0.2) is 0 Å². The van der Waals surface area contributed by atoms with Gasteiger partial charge in [-0.2, -0.15) is 0 Å². The van der Waals surface area contributed by atoms with Gasteiger partial charge in [-0.25, -0.2) is 0 Å². The van der Waals surface area contributed by atoms with Crippen LogP contribution in [0, 0.1) is 58.2 Å². The van der Waals surface area contributed by atoms with E-state index in [1.165, 1.54) is 116 Å². The van der Waals surface area contributed by atoms with E-state index in [9.17, 15) is 0 Å². The Morgan fingerprint density at radius 2 is 1.12 bits per heavy atom. The van der Waals surface area contributed by atoms with Gasteiger partial charge in [-0.3, -0.25) is 0 Å². The molecule has 0 spiro atoms. The summed E-state index contributed by atoms with van der Waals surface area (Å²) in [4.78, 5) is 0. The molecule has 3 unspecified atom stereocenters. The van der Waals surface area contributed by atoms with Crippen LogP contribution in [0.15, 0.2) is 71.3 Å². The Balaban J connectivity index is 0.00000137. The second-order valence-electron chi connectivity index (χ2n) is 22.8. The van der Waals surface area contributed by atoms with Crippen molar-refractivity contribution in [3.63, 3.8) is 0 Å². The van der Waals surface area contributed by atoms with Crippen molar-refractivity contribution >= 4 is 0 Å². The van der Waals surface area contributed by atoms with Crippen LogP contribution in [0.25, 0.3) is 11.1 Å². The number of benzene rings is 2. The average Bonchev–Trinajstić information content (AvgIpc) is 3.81. The molecule has 0 nitrogen and oxygen atoms in total. The fourth-order valence-electron chi connectivity index (χ4n) is 17.4. The minimum atomic E-state index is 0. The SMILES string of the molecule is CCC1(C2c3ccc(C45CC6CC(CC(C6)C4)C5)cc3-c3cc(C45CC6CC(CC(C6)C4)C5)ccc32)CC(C2CC=CCC2)C2=C1C=C(C(C)(C)C)C2.[Cl-].[Cl-].[Zr+2]. The second-order valence-corrected chi connectivity index (χ2v) is 22.8. The van der Waals surface area contributed by atoms with Gasteiger partial charge in [0.1, 0.15) is 0 Å². The molecule has 2 aromatic rings. The van der Waals surface area contributed by atoms with E-state index in [2.05, 4.69) is 82.3 Å². The summed E-state index contributed by atoms with van der Waals surface area (Å²) < 4.78 is 0. The molecule has 0 aromatic heterocycles. The maximum absolute atomic E-state index is 2.85. The summed E-state index contributed by atoms with van der Waals surface area (Å²) in [7, 11) is 0. The molecule has 0 radical (unpaired) electrons. The molecule has 8 saturated carbocycles. The van der Waals surface area contributed by atoms with Gasteiger partial charge in [-0.15, -0.1) is 0 Å². The van der Waals surface area contributed by atoms with E-state index < -0.39 is 0 Å². The summed E-state index contributed by atoms with van der Waals surface area (Å²) in [6.07, 6.45) is 33.5. The maximum atomic E-state index is 2.85. The van der Waals surface area contributed by atoms with E-state index in [1.807, 2.05) is 5.57 Å². The Kier molecular flexibility index (Phi) is 10.2. The van der Waals surface area contributed by atoms with Gasteiger partial charge in [0.25, 0.3) is 0 Å². The molecule has 3 atom stereocenters. The Labute approximate surface area is 371 Å². The van der Waals surface area contributed by atoms with E-state index in [-0.39, 0.29) is 61.8 Å². The van der Waals surface area contributed by atoms with Crippen LogP contribution in [0.2, 0.25) is 0 Å². The molecule has 14 rings (SSSR count). The summed E-state index contributed by atoms with van der Waals surface area (Å²) in [6.45, 7) is 10.0. The van der Waals surface area contributed by atoms with E-state index >= 15 is 0 Å². The van der Waals surface area contributed by atoms with E-state index in [1.54, 1.807) is 44.5 Å². The number of hydrogen-bond donors (Lipinski definition) is 0. The van der Waals surface area contributed by atoms with Gasteiger partial charge < -0.3 is 24.8 Å². The van der Waals surface area contributed by atoms with Crippen LogP contribution in [0.4, 0.5) is 0 Å². The minimum Gasteiger partial charge on any atom is -1.00 e. The molecule has 0 saturated heterocycles. The van der Waals surface area contributed by atoms with Crippen molar-refractivity contribution in [1.29, 1.82) is 0 Å². The standard InChI is InChI=1S/C53H66.2ClH.Zr/c1-5-53(31-47(38-9-7-6-8-10-38)46-23-41(24-48(46)53)50(2,3)4)49-42-13-11-39(51-25-32-15-33(26-51)17-34(16-32)27-51)21-44(42)45-22-40(12-14-43(45)49)52-28-35-18-36(29-52)20-37(19-35)30-52;;;/h6-7,11-14,21-22,24,32-38,47,49H,5,8-10,15-20,23,25-31H2,1-4H3;2*1H;/q;;;+2/p-2. The summed E-state index contributed by atoms with van der Waals surface area (Å²) in [5.74, 6) is 7.94. The largest absolute Gasteiger partial charge is 2.00 e. The summed E-state index contributed by atoms with van der Waals surface area (Å²) in [6, 6.07) is 16.6. The van der Waals surface area contributed by atoms with Crippen molar-refractivity contribution in [3.05, 3.63) is 93.6 Å². The third-order valence-electron chi connectivity index (χ3n) is 19.0. The molecular formula is C53H66Cl2Zr. The van der Waals surface area contributed by atoms with Gasteiger partial charge in [0, 0.05) is 11.3 Å². The third kappa shape index (κ3) is 5.85.